The zero-order chi connectivity index (χ0) is 17.3. The van der Waals surface area contributed by atoms with Crippen LogP contribution in [-0.4, -0.2) is 15.7 Å². The molecule has 7 heteroatoms. The molecule has 0 fully saturated rings. The maximum Gasteiger partial charge on any atom is 0.267 e. The minimum atomic E-state index is -0.872. The molecule has 1 aliphatic carbocycles. The number of nitrogens with one attached hydrogen (secondary N) is 1. The van der Waals surface area contributed by atoms with Crippen molar-refractivity contribution in [3.63, 3.8) is 0 Å². The van der Waals surface area contributed by atoms with E-state index in [-0.39, 0.29) is 17.8 Å². The fourth-order valence-corrected chi connectivity index (χ4v) is 2.84. The highest BCUT2D eigenvalue weighted by molar-refractivity contribution is 5.90. The van der Waals surface area contributed by atoms with Crippen molar-refractivity contribution in [2.45, 2.75) is 32.7 Å². The second-order valence-electron chi connectivity index (χ2n) is 6.13. The number of rotatable bonds is 3. The zero-order valence-electron chi connectivity index (χ0n) is 13.2. The van der Waals surface area contributed by atoms with Crippen LogP contribution in [0.4, 0.5) is 14.5 Å². The predicted octanol–water partition coefficient (Wildman–Crippen LogP) is 2.29. The van der Waals surface area contributed by atoms with Gasteiger partial charge in [0.15, 0.2) is 0 Å². The molecule has 2 aromatic rings. The topological polar surface area (TPSA) is 64.0 Å². The number of carbonyl (C=O) groups is 1. The number of halogens is 2. The van der Waals surface area contributed by atoms with Gasteiger partial charge in [0.2, 0.25) is 5.91 Å². The molecule has 3 rings (SSSR count). The minimum Gasteiger partial charge on any atom is -0.322 e. The molecule has 1 aromatic heterocycles. The number of amides is 1. The smallest absolute Gasteiger partial charge is 0.267 e. The Hall–Kier alpha value is -2.57. The van der Waals surface area contributed by atoms with Crippen LogP contribution in [0.2, 0.25) is 0 Å². The lowest BCUT2D eigenvalue weighted by atomic mass is 9.88. The maximum absolute atomic E-state index is 13.6. The van der Waals surface area contributed by atoms with E-state index >= 15 is 0 Å². The molecule has 126 valence electrons. The highest BCUT2D eigenvalue weighted by Gasteiger charge is 2.19. The highest BCUT2D eigenvalue weighted by Crippen LogP contribution is 2.22. The van der Waals surface area contributed by atoms with Crippen molar-refractivity contribution in [2.75, 3.05) is 5.32 Å². The van der Waals surface area contributed by atoms with E-state index in [1.165, 1.54) is 6.07 Å². The Kier molecular flexibility index (Phi) is 4.42. The molecule has 24 heavy (non-hydrogen) atoms. The molecule has 1 aliphatic rings. The number of hydrogen-bond acceptors (Lipinski definition) is 3. The van der Waals surface area contributed by atoms with Crippen LogP contribution in [0.3, 0.4) is 0 Å². The number of nitrogens with zero attached hydrogens (tertiary/aromatic N) is 2. The second-order valence-corrected chi connectivity index (χ2v) is 6.13. The first kappa shape index (κ1) is 16.3. The molecule has 1 atom stereocenters. The summed E-state index contributed by atoms with van der Waals surface area (Å²) in [7, 11) is 0. The van der Waals surface area contributed by atoms with Crippen molar-refractivity contribution >= 4 is 11.6 Å². The van der Waals surface area contributed by atoms with Gasteiger partial charge in [-0.05, 0) is 42.9 Å². The van der Waals surface area contributed by atoms with Gasteiger partial charge in [0, 0.05) is 12.1 Å². The van der Waals surface area contributed by atoms with Gasteiger partial charge in [-0.25, -0.2) is 13.5 Å². The largest absolute Gasteiger partial charge is 0.322 e. The number of carbonyl (C=O) groups excluding carboxylic acids is 1. The first-order valence-corrected chi connectivity index (χ1v) is 7.77. The number of hydrogen-bond donors (Lipinski definition) is 1. The Morgan fingerprint density at radius 1 is 1.38 bits per heavy atom. The van der Waals surface area contributed by atoms with Gasteiger partial charge in [-0.1, -0.05) is 6.92 Å². The Morgan fingerprint density at radius 3 is 2.92 bits per heavy atom. The van der Waals surface area contributed by atoms with Crippen LogP contribution in [0, 0.1) is 17.6 Å². The van der Waals surface area contributed by atoms with Gasteiger partial charge in [-0.2, -0.15) is 5.10 Å². The molecule has 1 amide bonds. The van der Waals surface area contributed by atoms with Crippen LogP contribution in [0.25, 0.3) is 0 Å². The number of fused-ring (bicyclic) bond motifs is 1. The molecule has 0 bridgehead atoms. The Morgan fingerprint density at radius 2 is 2.17 bits per heavy atom. The van der Waals surface area contributed by atoms with Crippen molar-refractivity contribution in [2.24, 2.45) is 5.92 Å². The van der Waals surface area contributed by atoms with Crippen LogP contribution < -0.4 is 10.9 Å². The van der Waals surface area contributed by atoms with Crippen LogP contribution in [-0.2, 0) is 24.2 Å². The fraction of sp³-hybridized carbons (Fsp3) is 0.353. The highest BCUT2D eigenvalue weighted by atomic mass is 19.1. The first-order chi connectivity index (χ1) is 11.4. The summed E-state index contributed by atoms with van der Waals surface area (Å²) >= 11 is 0. The van der Waals surface area contributed by atoms with E-state index in [0.29, 0.717) is 12.0 Å². The lowest BCUT2D eigenvalue weighted by Crippen LogP contribution is -2.32. The Labute approximate surface area is 137 Å². The number of aromatic nitrogens is 2. The van der Waals surface area contributed by atoms with Gasteiger partial charge < -0.3 is 5.32 Å². The van der Waals surface area contributed by atoms with Crippen molar-refractivity contribution < 1.29 is 13.6 Å². The van der Waals surface area contributed by atoms with Crippen LogP contribution in [0.5, 0.6) is 0 Å². The van der Waals surface area contributed by atoms with Crippen molar-refractivity contribution in [3.8, 4) is 0 Å². The van der Waals surface area contributed by atoms with Crippen LogP contribution >= 0.6 is 0 Å². The maximum atomic E-state index is 13.6. The summed E-state index contributed by atoms with van der Waals surface area (Å²) < 4.78 is 27.5. The van der Waals surface area contributed by atoms with Crippen molar-refractivity contribution in [1.29, 1.82) is 0 Å². The third kappa shape index (κ3) is 3.50. The quantitative estimate of drug-likeness (QED) is 0.937. The molecule has 1 N–H and O–H groups in total. The lowest BCUT2D eigenvalue weighted by Gasteiger charge is -2.20. The van der Waals surface area contributed by atoms with Crippen LogP contribution in [0.1, 0.15) is 24.6 Å². The third-order valence-electron chi connectivity index (χ3n) is 4.11. The third-order valence-corrected chi connectivity index (χ3v) is 4.11. The van der Waals surface area contributed by atoms with Gasteiger partial charge >= 0.3 is 0 Å². The Balaban J connectivity index is 1.76. The predicted molar refractivity (Wildman–Crippen MR) is 84.7 cm³/mol. The van der Waals surface area contributed by atoms with Gasteiger partial charge in [0.1, 0.15) is 18.2 Å². The molecule has 0 saturated heterocycles. The summed E-state index contributed by atoms with van der Waals surface area (Å²) in [6.07, 6.45) is 2.57. The zero-order valence-corrected chi connectivity index (χ0v) is 13.2. The summed E-state index contributed by atoms with van der Waals surface area (Å²) in [5.74, 6) is -1.69. The molecular formula is C17H17F2N3O2. The average Bonchev–Trinajstić information content (AvgIpc) is 2.51. The second kappa shape index (κ2) is 6.51. The van der Waals surface area contributed by atoms with Gasteiger partial charge in [-0.15, -0.1) is 0 Å². The molecule has 0 spiro atoms. The molecular weight excluding hydrogens is 316 g/mol. The van der Waals surface area contributed by atoms with Crippen molar-refractivity contribution in [1.82, 2.24) is 9.78 Å². The molecule has 5 nitrogen and oxygen atoms in total. The summed E-state index contributed by atoms with van der Waals surface area (Å²) in [5, 5.41) is 6.57. The van der Waals surface area contributed by atoms with E-state index in [9.17, 15) is 18.4 Å². The average molecular weight is 333 g/mol. The van der Waals surface area contributed by atoms with E-state index in [2.05, 4.69) is 17.3 Å². The molecule has 0 saturated carbocycles. The van der Waals surface area contributed by atoms with E-state index < -0.39 is 17.5 Å². The molecule has 1 aromatic carbocycles. The summed E-state index contributed by atoms with van der Waals surface area (Å²) in [6, 6.07) is 4.38. The van der Waals surface area contributed by atoms with E-state index in [1.807, 2.05) is 0 Å². The number of benzene rings is 1. The molecule has 0 radical (unpaired) electrons. The van der Waals surface area contributed by atoms with Gasteiger partial charge in [0.25, 0.3) is 5.56 Å². The Bertz CT molecular complexity index is 848. The summed E-state index contributed by atoms with van der Waals surface area (Å²) in [6.45, 7) is 1.80. The van der Waals surface area contributed by atoms with Gasteiger partial charge in [-0.3, -0.25) is 9.59 Å². The SMILES string of the molecule is C[C@H]1CCc2nn(CC(=O)Nc3ccc(F)cc3F)c(=O)cc2C1. The van der Waals surface area contributed by atoms with E-state index in [1.54, 1.807) is 0 Å². The lowest BCUT2D eigenvalue weighted by molar-refractivity contribution is -0.117. The van der Waals surface area contributed by atoms with Crippen LogP contribution in [0.15, 0.2) is 29.1 Å². The number of aryl methyl sites for hydroxylation is 1. The van der Waals surface area contributed by atoms with E-state index in [0.717, 1.165) is 47.3 Å². The fourth-order valence-electron chi connectivity index (χ4n) is 2.84. The molecule has 0 unspecified atom stereocenters. The van der Waals surface area contributed by atoms with Crippen molar-refractivity contribution in [3.05, 3.63) is 57.5 Å². The standard InChI is InChI=1S/C17H17F2N3O2/c1-10-2-4-14-11(6-10)7-17(24)22(21-14)9-16(23)20-15-5-3-12(18)8-13(15)19/h3,5,7-8,10H,2,4,6,9H2,1H3,(H,20,23)/t10-/m0/s1. The summed E-state index contributed by atoms with van der Waals surface area (Å²) in [4.78, 5) is 24.1. The minimum absolute atomic E-state index is 0.138. The first-order valence-electron chi connectivity index (χ1n) is 7.77. The normalized spacial score (nSPS) is 16.5. The summed E-state index contributed by atoms with van der Waals surface area (Å²) in [5.41, 5.74) is 1.26. The van der Waals surface area contributed by atoms with E-state index in [4.69, 9.17) is 0 Å². The number of anilines is 1. The molecule has 0 aliphatic heterocycles. The van der Waals surface area contributed by atoms with Gasteiger partial charge in [0.05, 0.1) is 11.4 Å². The molecule has 1 heterocycles. The monoisotopic (exact) mass is 333 g/mol.